The van der Waals surface area contributed by atoms with Crippen molar-refractivity contribution in [2.24, 2.45) is 0 Å². The molecule has 0 saturated carbocycles. The number of aromatic nitrogens is 2. The number of hydrogen-bond acceptors (Lipinski definition) is 2. The van der Waals surface area contributed by atoms with Crippen molar-refractivity contribution < 1.29 is 9.18 Å². The van der Waals surface area contributed by atoms with Crippen LogP contribution in [0.15, 0.2) is 60.9 Å². The molecule has 1 N–H and O–H groups in total. The minimum Gasteiger partial charge on any atom is -0.322 e. The Hall–Kier alpha value is -2.95. The van der Waals surface area contributed by atoms with Gasteiger partial charge in [-0.25, -0.2) is 9.07 Å². The van der Waals surface area contributed by atoms with Crippen molar-refractivity contribution in [3.05, 3.63) is 77.9 Å². The number of rotatable bonds is 3. The van der Waals surface area contributed by atoms with Gasteiger partial charge in [0.1, 0.15) is 5.82 Å². The monoisotopic (exact) mass is 295 g/mol. The van der Waals surface area contributed by atoms with Gasteiger partial charge in [-0.2, -0.15) is 5.10 Å². The third kappa shape index (κ3) is 2.88. The quantitative estimate of drug-likeness (QED) is 0.803. The molecule has 0 aliphatic rings. The second kappa shape index (κ2) is 5.81. The van der Waals surface area contributed by atoms with E-state index in [2.05, 4.69) is 10.4 Å². The first-order chi connectivity index (χ1) is 10.6. The first-order valence-corrected chi connectivity index (χ1v) is 6.81. The average Bonchev–Trinajstić information content (AvgIpc) is 3.02. The molecule has 2 aromatic carbocycles. The normalized spacial score (nSPS) is 10.5. The molecular formula is C17H14FN3O. The molecular weight excluding hydrogens is 281 g/mol. The summed E-state index contributed by atoms with van der Waals surface area (Å²) in [6.45, 7) is 1.67. The van der Waals surface area contributed by atoms with Gasteiger partial charge in [-0.15, -0.1) is 0 Å². The molecule has 3 rings (SSSR count). The maximum Gasteiger partial charge on any atom is 0.258 e. The number of benzene rings is 2. The van der Waals surface area contributed by atoms with Crippen molar-refractivity contribution in [3.63, 3.8) is 0 Å². The number of nitrogens with one attached hydrogen (secondary N) is 1. The fourth-order valence-corrected chi connectivity index (χ4v) is 2.04. The van der Waals surface area contributed by atoms with Gasteiger partial charge in [0.15, 0.2) is 0 Å². The third-order valence-electron chi connectivity index (χ3n) is 3.30. The van der Waals surface area contributed by atoms with Crippen LogP contribution in [-0.2, 0) is 0 Å². The molecule has 5 heteroatoms. The lowest BCUT2D eigenvalue weighted by Crippen LogP contribution is -2.11. The highest BCUT2D eigenvalue weighted by Gasteiger charge is 2.10. The summed E-state index contributed by atoms with van der Waals surface area (Å²) < 4.78 is 15.1. The van der Waals surface area contributed by atoms with E-state index < -0.39 is 0 Å². The molecule has 1 heterocycles. The van der Waals surface area contributed by atoms with Crippen LogP contribution < -0.4 is 5.32 Å². The number of nitrogens with zero attached hydrogens (tertiary/aromatic N) is 2. The summed E-state index contributed by atoms with van der Waals surface area (Å²) in [4.78, 5) is 12.2. The molecule has 0 atom stereocenters. The summed E-state index contributed by atoms with van der Waals surface area (Å²) in [7, 11) is 0. The predicted molar refractivity (Wildman–Crippen MR) is 82.7 cm³/mol. The van der Waals surface area contributed by atoms with E-state index in [1.54, 1.807) is 29.9 Å². The topological polar surface area (TPSA) is 46.9 Å². The largest absolute Gasteiger partial charge is 0.322 e. The van der Waals surface area contributed by atoms with Crippen molar-refractivity contribution >= 4 is 11.6 Å². The highest BCUT2D eigenvalue weighted by molar-refractivity contribution is 6.04. The van der Waals surface area contributed by atoms with Crippen molar-refractivity contribution in [3.8, 4) is 5.69 Å². The van der Waals surface area contributed by atoms with E-state index in [1.165, 1.54) is 12.3 Å². The zero-order valence-electron chi connectivity index (χ0n) is 12.0. The van der Waals surface area contributed by atoms with Crippen molar-refractivity contribution in [1.82, 2.24) is 9.78 Å². The zero-order chi connectivity index (χ0) is 15.5. The van der Waals surface area contributed by atoms with E-state index in [1.807, 2.05) is 30.3 Å². The van der Waals surface area contributed by atoms with Gasteiger partial charge in [-0.1, -0.05) is 24.3 Å². The molecule has 1 aromatic heterocycles. The van der Waals surface area contributed by atoms with Gasteiger partial charge < -0.3 is 5.32 Å². The molecule has 0 unspecified atom stereocenters. The predicted octanol–water partition coefficient (Wildman–Crippen LogP) is 3.57. The molecule has 0 aliphatic carbocycles. The zero-order valence-corrected chi connectivity index (χ0v) is 12.0. The Morgan fingerprint density at radius 2 is 1.95 bits per heavy atom. The van der Waals surface area contributed by atoms with Crippen LogP contribution in [0.4, 0.5) is 10.1 Å². The van der Waals surface area contributed by atoms with Crippen molar-refractivity contribution in [2.75, 3.05) is 5.32 Å². The third-order valence-corrected chi connectivity index (χ3v) is 3.30. The van der Waals surface area contributed by atoms with Gasteiger partial charge in [-0.3, -0.25) is 4.79 Å². The molecule has 1 amide bonds. The highest BCUT2D eigenvalue weighted by atomic mass is 19.1. The molecule has 0 fully saturated rings. The summed E-state index contributed by atoms with van der Waals surface area (Å²) in [5, 5.41) is 6.82. The van der Waals surface area contributed by atoms with Crippen LogP contribution in [0.2, 0.25) is 0 Å². The summed E-state index contributed by atoms with van der Waals surface area (Å²) in [5.41, 5.74) is 2.23. The number of para-hydroxylation sites is 1. The van der Waals surface area contributed by atoms with E-state index in [0.717, 1.165) is 5.69 Å². The summed E-state index contributed by atoms with van der Waals surface area (Å²) >= 11 is 0. The molecule has 4 nitrogen and oxygen atoms in total. The second-order valence-corrected chi connectivity index (χ2v) is 4.93. The maximum absolute atomic E-state index is 13.5. The number of carbonyl (C=O) groups excluding carboxylic acids is 1. The van der Waals surface area contributed by atoms with E-state index >= 15 is 0 Å². The Morgan fingerprint density at radius 1 is 1.18 bits per heavy atom. The van der Waals surface area contributed by atoms with Crippen LogP contribution in [0.25, 0.3) is 5.69 Å². The summed E-state index contributed by atoms with van der Waals surface area (Å²) in [5.74, 6) is -0.678. The first-order valence-electron chi connectivity index (χ1n) is 6.81. The summed E-state index contributed by atoms with van der Waals surface area (Å²) in [6.07, 6.45) is 3.11. The van der Waals surface area contributed by atoms with Gasteiger partial charge in [0, 0.05) is 11.9 Å². The molecule has 0 spiro atoms. The Bertz CT molecular complexity index is 812. The van der Waals surface area contributed by atoms with Crippen LogP contribution >= 0.6 is 0 Å². The van der Waals surface area contributed by atoms with Gasteiger partial charge in [0.2, 0.25) is 0 Å². The van der Waals surface area contributed by atoms with Gasteiger partial charge in [0.25, 0.3) is 5.91 Å². The standard InChI is InChI=1S/C17H14FN3O/c1-12-7-8-14(9-16(12)18)20-17(22)13-10-19-21(11-13)15-5-3-2-4-6-15/h2-11H,1H3,(H,20,22). The fraction of sp³-hybridized carbons (Fsp3) is 0.0588. The SMILES string of the molecule is Cc1ccc(NC(=O)c2cnn(-c3ccccc3)c2)cc1F. The van der Waals surface area contributed by atoms with Crippen LogP contribution in [0.5, 0.6) is 0 Å². The second-order valence-electron chi connectivity index (χ2n) is 4.93. The molecule has 110 valence electrons. The van der Waals surface area contributed by atoms with Crippen LogP contribution in [0.1, 0.15) is 15.9 Å². The van der Waals surface area contributed by atoms with Gasteiger partial charge in [0.05, 0.1) is 17.4 Å². The molecule has 0 saturated heterocycles. The van der Waals surface area contributed by atoms with E-state index in [0.29, 0.717) is 16.8 Å². The highest BCUT2D eigenvalue weighted by Crippen LogP contribution is 2.15. The molecule has 22 heavy (non-hydrogen) atoms. The average molecular weight is 295 g/mol. The van der Waals surface area contributed by atoms with Crippen molar-refractivity contribution in [2.45, 2.75) is 6.92 Å². The lowest BCUT2D eigenvalue weighted by molar-refractivity contribution is 0.102. The number of aryl methyl sites for hydroxylation is 1. The number of hydrogen-bond donors (Lipinski definition) is 1. The molecule has 0 radical (unpaired) electrons. The Morgan fingerprint density at radius 3 is 2.68 bits per heavy atom. The lowest BCUT2D eigenvalue weighted by atomic mass is 10.2. The Balaban J connectivity index is 1.78. The number of amides is 1. The lowest BCUT2D eigenvalue weighted by Gasteiger charge is -2.05. The minimum atomic E-state index is -0.349. The minimum absolute atomic E-state index is 0.328. The number of carbonyl (C=O) groups is 1. The summed E-state index contributed by atoms with van der Waals surface area (Å²) in [6, 6.07) is 14.1. The molecule has 0 bridgehead atoms. The van der Waals surface area contributed by atoms with Crippen molar-refractivity contribution in [1.29, 1.82) is 0 Å². The fourth-order valence-electron chi connectivity index (χ4n) is 2.04. The smallest absolute Gasteiger partial charge is 0.258 e. The molecule has 0 aliphatic heterocycles. The van der Waals surface area contributed by atoms with E-state index in [9.17, 15) is 9.18 Å². The van der Waals surface area contributed by atoms with Crippen LogP contribution in [0, 0.1) is 12.7 Å². The maximum atomic E-state index is 13.5. The number of halogens is 1. The van der Waals surface area contributed by atoms with E-state index in [4.69, 9.17) is 0 Å². The Kier molecular flexibility index (Phi) is 3.70. The van der Waals surface area contributed by atoms with Gasteiger partial charge >= 0.3 is 0 Å². The first kappa shape index (κ1) is 14.0. The Labute approximate surface area is 127 Å². The van der Waals surface area contributed by atoms with Gasteiger partial charge in [-0.05, 0) is 36.8 Å². The van der Waals surface area contributed by atoms with Crippen LogP contribution in [0.3, 0.4) is 0 Å². The molecule has 3 aromatic rings. The van der Waals surface area contributed by atoms with Crippen LogP contribution in [-0.4, -0.2) is 15.7 Å². The number of anilines is 1. The van der Waals surface area contributed by atoms with E-state index in [-0.39, 0.29) is 11.7 Å².